The number of aldehydes is 1. The van der Waals surface area contributed by atoms with Crippen molar-refractivity contribution >= 4 is 22.2 Å². The number of aryl methyl sites for hydroxylation is 1. The number of benzene rings is 1. The molecular weight excluding hydrogens is 326 g/mol. The van der Waals surface area contributed by atoms with E-state index in [0.29, 0.717) is 29.4 Å². The summed E-state index contributed by atoms with van der Waals surface area (Å²) >= 11 is 3.35. The summed E-state index contributed by atoms with van der Waals surface area (Å²) in [6.45, 7) is 2.48. The monoisotopic (exact) mass is 339 g/mol. The van der Waals surface area contributed by atoms with E-state index in [-0.39, 0.29) is 6.61 Å². The molecule has 1 heterocycles. The molecule has 2 aromatic rings. The van der Waals surface area contributed by atoms with Gasteiger partial charge in [0.1, 0.15) is 24.7 Å². The average molecular weight is 340 g/mol. The van der Waals surface area contributed by atoms with E-state index < -0.39 is 0 Å². The van der Waals surface area contributed by atoms with Gasteiger partial charge in [0.2, 0.25) is 0 Å². The van der Waals surface area contributed by atoms with Crippen LogP contribution in [0.2, 0.25) is 0 Å². The predicted molar refractivity (Wildman–Crippen MR) is 75.8 cm³/mol. The smallest absolute Gasteiger partial charge is 0.162 e. The molecule has 0 fully saturated rings. The van der Waals surface area contributed by atoms with E-state index in [4.69, 9.17) is 14.0 Å². The van der Waals surface area contributed by atoms with Crippen LogP contribution in [0.25, 0.3) is 0 Å². The molecule has 2 rings (SSSR count). The van der Waals surface area contributed by atoms with Crippen molar-refractivity contribution in [1.82, 2.24) is 5.16 Å². The number of nitrogens with zero attached hydrogens (tertiary/aromatic N) is 1. The number of aromatic nitrogens is 1. The molecule has 0 atom stereocenters. The number of ether oxygens (including phenoxy) is 2. The van der Waals surface area contributed by atoms with Gasteiger partial charge in [-0.15, -0.1) is 0 Å². The molecule has 0 radical (unpaired) electrons. The summed E-state index contributed by atoms with van der Waals surface area (Å²) in [5, 5.41) is 3.87. The van der Waals surface area contributed by atoms with Gasteiger partial charge in [-0.2, -0.15) is 0 Å². The largest absolute Gasteiger partial charge is 0.486 e. The summed E-state index contributed by atoms with van der Waals surface area (Å²) in [5.41, 5.74) is 2.02. The second-order valence-corrected chi connectivity index (χ2v) is 5.18. The molecule has 0 unspecified atom stereocenters. The minimum atomic E-state index is 0.233. The van der Waals surface area contributed by atoms with Gasteiger partial charge in [0.05, 0.1) is 5.56 Å². The first-order valence-corrected chi connectivity index (χ1v) is 6.75. The van der Waals surface area contributed by atoms with E-state index in [1.807, 2.05) is 13.0 Å². The van der Waals surface area contributed by atoms with E-state index >= 15 is 0 Å². The highest BCUT2D eigenvalue weighted by Gasteiger charge is 2.10. The lowest BCUT2D eigenvalue weighted by molar-refractivity contribution is 0.111. The van der Waals surface area contributed by atoms with Gasteiger partial charge in [-0.05, 0) is 24.6 Å². The molecule has 0 saturated heterocycles. The Hall–Kier alpha value is -1.66. The third-order valence-electron chi connectivity index (χ3n) is 2.65. The quantitative estimate of drug-likeness (QED) is 0.755. The lowest BCUT2D eigenvalue weighted by Crippen LogP contribution is -2.00. The van der Waals surface area contributed by atoms with Crippen LogP contribution in [0.3, 0.4) is 0 Å². The number of hydrogen-bond donors (Lipinski definition) is 0. The molecule has 0 aliphatic carbocycles. The van der Waals surface area contributed by atoms with Crippen LogP contribution >= 0.6 is 15.9 Å². The summed E-state index contributed by atoms with van der Waals surface area (Å²) in [5.74, 6) is 1.19. The number of carbonyl (C=O) groups excluding carboxylic acids is 1. The van der Waals surface area contributed by atoms with Crippen LogP contribution < -0.4 is 4.74 Å². The van der Waals surface area contributed by atoms with Gasteiger partial charge in [-0.1, -0.05) is 21.1 Å². The summed E-state index contributed by atoms with van der Waals surface area (Å²) in [6, 6.07) is 5.37. The summed E-state index contributed by atoms with van der Waals surface area (Å²) < 4.78 is 16.5. The Labute approximate surface area is 125 Å². The minimum Gasteiger partial charge on any atom is -0.486 e. The Morgan fingerprint density at radius 2 is 2.15 bits per heavy atom. The minimum absolute atomic E-state index is 0.233. The standard InChI is InChI=1S/C14H14BrNO4/c1-9-3-11(15)4-10(6-17)14(9)19-7-12-5-13(8-18-2)20-16-12/h3-6H,7-8H2,1-2H3. The molecule has 0 N–H and O–H groups in total. The Balaban J connectivity index is 2.11. The van der Waals surface area contributed by atoms with E-state index in [0.717, 1.165) is 16.3 Å². The van der Waals surface area contributed by atoms with Crippen LogP contribution in [-0.4, -0.2) is 18.6 Å². The molecule has 1 aromatic heterocycles. The number of methoxy groups -OCH3 is 1. The summed E-state index contributed by atoms with van der Waals surface area (Å²) in [4.78, 5) is 11.1. The Morgan fingerprint density at radius 1 is 1.35 bits per heavy atom. The molecule has 0 saturated carbocycles. The van der Waals surface area contributed by atoms with Crippen LogP contribution in [0.5, 0.6) is 5.75 Å². The van der Waals surface area contributed by atoms with Gasteiger partial charge < -0.3 is 14.0 Å². The lowest BCUT2D eigenvalue weighted by atomic mass is 10.1. The van der Waals surface area contributed by atoms with Gasteiger partial charge in [-0.3, -0.25) is 4.79 Å². The first-order valence-electron chi connectivity index (χ1n) is 5.95. The van der Waals surface area contributed by atoms with Crippen LogP contribution in [0.1, 0.15) is 27.4 Å². The van der Waals surface area contributed by atoms with Crippen molar-refractivity contribution in [1.29, 1.82) is 0 Å². The van der Waals surface area contributed by atoms with Gasteiger partial charge in [0.25, 0.3) is 0 Å². The Morgan fingerprint density at radius 3 is 2.85 bits per heavy atom. The van der Waals surface area contributed by atoms with Gasteiger partial charge >= 0.3 is 0 Å². The summed E-state index contributed by atoms with van der Waals surface area (Å²) in [6.07, 6.45) is 0.770. The van der Waals surface area contributed by atoms with Crippen molar-refractivity contribution in [2.75, 3.05) is 7.11 Å². The third kappa shape index (κ3) is 3.46. The van der Waals surface area contributed by atoms with Crippen molar-refractivity contribution in [3.63, 3.8) is 0 Å². The number of rotatable bonds is 6. The molecule has 0 spiro atoms. The first kappa shape index (κ1) is 14.7. The van der Waals surface area contributed by atoms with Crippen LogP contribution in [0.4, 0.5) is 0 Å². The molecular formula is C14H14BrNO4. The van der Waals surface area contributed by atoms with Crippen molar-refractivity contribution in [3.05, 3.63) is 45.3 Å². The third-order valence-corrected chi connectivity index (χ3v) is 3.11. The van der Waals surface area contributed by atoms with E-state index in [2.05, 4.69) is 21.1 Å². The summed E-state index contributed by atoms with van der Waals surface area (Å²) in [7, 11) is 1.58. The van der Waals surface area contributed by atoms with Crippen LogP contribution in [0.15, 0.2) is 27.2 Å². The second-order valence-electron chi connectivity index (χ2n) is 4.27. The normalized spacial score (nSPS) is 10.6. The highest BCUT2D eigenvalue weighted by molar-refractivity contribution is 9.10. The molecule has 106 valence electrons. The maximum absolute atomic E-state index is 11.1. The maximum atomic E-state index is 11.1. The molecule has 20 heavy (non-hydrogen) atoms. The molecule has 1 aromatic carbocycles. The zero-order valence-corrected chi connectivity index (χ0v) is 12.8. The van der Waals surface area contributed by atoms with Crippen molar-refractivity contribution < 1.29 is 18.8 Å². The Bertz CT molecular complexity index is 609. The first-order chi connectivity index (χ1) is 9.63. The second kappa shape index (κ2) is 6.67. The zero-order valence-electron chi connectivity index (χ0n) is 11.2. The van der Waals surface area contributed by atoms with Gasteiger partial charge in [0, 0.05) is 17.6 Å². The SMILES string of the molecule is COCc1cc(COc2c(C)cc(Br)cc2C=O)no1. The van der Waals surface area contributed by atoms with E-state index in [1.54, 1.807) is 19.2 Å². The fourth-order valence-electron chi connectivity index (χ4n) is 1.82. The average Bonchev–Trinajstić information content (AvgIpc) is 2.85. The van der Waals surface area contributed by atoms with Crippen molar-refractivity contribution in [2.45, 2.75) is 20.1 Å². The van der Waals surface area contributed by atoms with Gasteiger partial charge in [-0.25, -0.2) is 0 Å². The fourth-order valence-corrected chi connectivity index (χ4v) is 2.41. The topological polar surface area (TPSA) is 61.6 Å². The number of carbonyl (C=O) groups is 1. The number of halogens is 1. The number of hydrogen-bond acceptors (Lipinski definition) is 5. The zero-order chi connectivity index (χ0) is 14.5. The Kier molecular flexibility index (Phi) is 4.92. The lowest BCUT2D eigenvalue weighted by Gasteiger charge is -2.10. The van der Waals surface area contributed by atoms with Crippen molar-refractivity contribution in [3.8, 4) is 5.75 Å². The molecule has 5 nitrogen and oxygen atoms in total. The van der Waals surface area contributed by atoms with E-state index in [9.17, 15) is 4.79 Å². The predicted octanol–water partition coefficient (Wildman–Crippen LogP) is 3.28. The highest BCUT2D eigenvalue weighted by atomic mass is 79.9. The highest BCUT2D eigenvalue weighted by Crippen LogP contribution is 2.27. The maximum Gasteiger partial charge on any atom is 0.162 e. The molecule has 0 aliphatic heterocycles. The molecule has 0 aliphatic rings. The molecule has 6 heteroatoms. The van der Waals surface area contributed by atoms with Gasteiger partial charge in [0.15, 0.2) is 12.0 Å². The van der Waals surface area contributed by atoms with Crippen LogP contribution in [0, 0.1) is 6.92 Å². The molecule has 0 amide bonds. The van der Waals surface area contributed by atoms with Crippen LogP contribution in [-0.2, 0) is 18.0 Å². The fraction of sp³-hybridized carbons (Fsp3) is 0.286. The van der Waals surface area contributed by atoms with Crippen molar-refractivity contribution in [2.24, 2.45) is 0 Å². The van der Waals surface area contributed by atoms with E-state index in [1.165, 1.54) is 0 Å². The molecule has 0 bridgehead atoms.